The summed E-state index contributed by atoms with van der Waals surface area (Å²) in [6, 6.07) is 9.83. The van der Waals surface area contributed by atoms with Crippen molar-refractivity contribution in [3.05, 3.63) is 58.8 Å². The van der Waals surface area contributed by atoms with E-state index in [1.807, 2.05) is 0 Å². The van der Waals surface area contributed by atoms with Gasteiger partial charge in [0.25, 0.3) is 0 Å². The minimum absolute atomic E-state index is 0.142. The molecule has 0 atom stereocenters. The minimum atomic E-state index is -0.512. The summed E-state index contributed by atoms with van der Waals surface area (Å²) >= 11 is 0. The summed E-state index contributed by atoms with van der Waals surface area (Å²) in [5.41, 5.74) is 1.25. The van der Waals surface area contributed by atoms with Crippen LogP contribution in [0.4, 0.5) is 0 Å². The zero-order valence-electron chi connectivity index (χ0n) is 14.0. The molecule has 0 aliphatic carbocycles. The SMILES string of the molecule is COC(=O)c1ccc2c(c1)C(=O)/C(=C/c1cc(OC)ccc1OC)O2. The Morgan fingerprint density at radius 1 is 1.04 bits per heavy atom. The average Bonchev–Trinajstić information content (AvgIpc) is 2.96. The topological polar surface area (TPSA) is 71.1 Å². The average molecular weight is 340 g/mol. The minimum Gasteiger partial charge on any atom is -0.497 e. The molecule has 3 rings (SSSR count). The quantitative estimate of drug-likeness (QED) is 0.629. The number of ether oxygens (including phenoxy) is 4. The van der Waals surface area contributed by atoms with E-state index >= 15 is 0 Å². The van der Waals surface area contributed by atoms with Crippen LogP contribution in [0, 0.1) is 0 Å². The number of Topliss-reactive ketones (excluding diaryl/α,β-unsaturated/α-hetero) is 1. The lowest BCUT2D eigenvalue weighted by molar-refractivity contribution is 0.0600. The van der Waals surface area contributed by atoms with Gasteiger partial charge in [-0.2, -0.15) is 0 Å². The number of allylic oxidation sites excluding steroid dienone is 1. The summed E-state index contributed by atoms with van der Waals surface area (Å²) in [5.74, 6) is 0.918. The maximum absolute atomic E-state index is 12.6. The van der Waals surface area contributed by atoms with E-state index in [0.717, 1.165) is 0 Å². The van der Waals surface area contributed by atoms with Crippen LogP contribution >= 0.6 is 0 Å². The fraction of sp³-hybridized carbons (Fsp3) is 0.158. The molecule has 25 heavy (non-hydrogen) atoms. The predicted octanol–water partition coefficient (Wildman–Crippen LogP) is 3.11. The van der Waals surface area contributed by atoms with Crippen molar-refractivity contribution >= 4 is 17.8 Å². The Bertz CT molecular complexity index is 881. The number of rotatable bonds is 4. The lowest BCUT2D eigenvalue weighted by Crippen LogP contribution is -2.03. The second-order valence-corrected chi connectivity index (χ2v) is 5.25. The van der Waals surface area contributed by atoms with Crippen LogP contribution in [0.1, 0.15) is 26.3 Å². The summed E-state index contributed by atoms with van der Waals surface area (Å²) in [5, 5.41) is 0. The van der Waals surface area contributed by atoms with Gasteiger partial charge in [-0.05, 0) is 42.5 Å². The third-order valence-electron chi connectivity index (χ3n) is 3.81. The van der Waals surface area contributed by atoms with Crippen molar-refractivity contribution in [3.63, 3.8) is 0 Å². The van der Waals surface area contributed by atoms with Crippen LogP contribution in [0.5, 0.6) is 17.2 Å². The van der Waals surface area contributed by atoms with Crippen LogP contribution < -0.4 is 14.2 Å². The van der Waals surface area contributed by atoms with Gasteiger partial charge >= 0.3 is 5.97 Å². The lowest BCUT2D eigenvalue weighted by atomic mass is 10.1. The summed E-state index contributed by atoms with van der Waals surface area (Å²) in [4.78, 5) is 24.2. The van der Waals surface area contributed by atoms with Gasteiger partial charge in [-0.1, -0.05) is 0 Å². The smallest absolute Gasteiger partial charge is 0.337 e. The fourth-order valence-corrected chi connectivity index (χ4v) is 2.53. The van der Waals surface area contributed by atoms with Gasteiger partial charge in [-0.15, -0.1) is 0 Å². The molecule has 0 aromatic heterocycles. The van der Waals surface area contributed by atoms with Crippen LogP contribution in [0.25, 0.3) is 6.08 Å². The molecule has 0 amide bonds. The molecule has 6 heteroatoms. The van der Waals surface area contributed by atoms with E-state index in [9.17, 15) is 9.59 Å². The molecule has 1 aliphatic rings. The monoisotopic (exact) mass is 340 g/mol. The third kappa shape index (κ3) is 3.06. The third-order valence-corrected chi connectivity index (χ3v) is 3.81. The molecule has 0 unspecified atom stereocenters. The van der Waals surface area contributed by atoms with Gasteiger partial charge in [-0.3, -0.25) is 4.79 Å². The number of ketones is 1. The maximum atomic E-state index is 12.6. The van der Waals surface area contributed by atoms with Gasteiger partial charge in [0.15, 0.2) is 5.76 Å². The highest BCUT2D eigenvalue weighted by molar-refractivity contribution is 6.15. The molecule has 0 fully saturated rings. The molecule has 2 aromatic carbocycles. The molecule has 2 aromatic rings. The van der Waals surface area contributed by atoms with Crippen LogP contribution in [0.3, 0.4) is 0 Å². The first kappa shape index (κ1) is 16.6. The molecule has 0 N–H and O–H groups in total. The first-order valence-electron chi connectivity index (χ1n) is 7.46. The second-order valence-electron chi connectivity index (χ2n) is 5.25. The molecular weight excluding hydrogens is 324 g/mol. The molecule has 6 nitrogen and oxygen atoms in total. The maximum Gasteiger partial charge on any atom is 0.337 e. The molecule has 1 heterocycles. The fourth-order valence-electron chi connectivity index (χ4n) is 2.53. The van der Waals surface area contributed by atoms with Gasteiger partial charge in [0.2, 0.25) is 5.78 Å². The molecule has 0 bridgehead atoms. The highest BCUT2D eigenvalue weighted by Crippen LogP contribution is 2.34. The van der Waals surface area contributed by atoms with Crippen molar-refractivity contribution < 1.29 is 28.5 Å². The molecule has 0 radical (unpaired) electrons. The molecular formula is C19H16O6. The van der Waals surface area contributed by atoms with Gasteiger partial charge < -0.3 is 18.9 Å². The Kier molecular flexibility index (Phi) is 4.43. The van der Waals surface area contributed by atoms with Crippen LogP contribution in [-0.4, -0.2) is 33.1 Å². The van der Waals surface area contributed by atoms with Crippen molar-refractivity contribution in [1.29, 1.82) is 0 Å². The normalized spacial score (nSPS) is 14.0. The molecule has 128 valence electrons. The van der Waals surface area contributed by atoms with E-state index in [0.29, 0.717) is 33.9 Å². The summed E-state index contributed by atoms with van der Waals surface area (Å²) < 4.78 is 20.8. The number of carbonyl (C=O) groups excluding carboxylic acids is 2. The Morgan fingerprint density at radius 3 is 2.52 bits per heavy atom. The van der Waals surface area contributed by atoms with Crippen molar-refractivity contribution in [2.75, 3.05) is 21.3 Å². The number of esters is 1. The zero-order valence-corrected chi connectivity index (χ0v) is 14.0. The van der Waals surface area contributed by atoms with Crippen LogP contribution in [-0.2, 0) is 4.74 Å². The van der Waals surface area contributed by atoms with Gasteiger partial charge in [-0.25, -0.2) is 4.79 Å². The van der Waals surface area contributed by atoms with Crippen molar-refractivity contribution in [3.8, 4) is 17.2 Å². The van der Waals surface area contributed by atoms with Gasteiger partial charge in [0.05, 0.1) is 32.5 Å². The number of benzene rings is 2. The van der Waals surface area contributed by atoms with Gasteiger partial charge in [0.1, 0.15) is 17.2 Å². The first-order valence-corrected chi connectivity index (χ1v) is 7.46. The Hall–Kier alpha value is -3.28. The van der Waals surface area contributed by atoms with Crippen molar-refractivity contribution in [2.24, 2.45) is 0 Å². The summed E-state index contributed by atoms with van der Waals surface area (Å²) in [7, 11) is 4.38. The first-order chi connectivity index (χ1) is 12.1. The van der Waals surface area contributed by atoms with E-state index < -0.39 is 5.97 Å². The predicted molar refractivity (Wildman–Crippen MR) is 90.3 cm³/mol. The number of fused-ring (bicyclic) bond motifs is 1. The summed E-state index contributed by atoms with van der Waals surface area (Å²) in [6.07, 6.45) is 1.58. The van der Waals surface area contributed by atoms with E-state index in [-0.39, 0.29) is 11.5 Å². The van der Waals surface area contributed by atoms with E-state index in [2.05, 4.69) is 4.74 Å². The number of hydrogen-bond acceptors (Lipinski definition) is 6. The lowest BCUT2D eigenvalue weighted by Gasteiger charge is -2.07. The Balaban J connectivity index is 1.99. The van der Waals surface area contributed by atoms with Crippen molar-refractivity contribution in [2.45, 2.75) is 0 Å². The Labute approximate surface area is 144 Å². The molecule has 0 saturated carbocycles. The zero-order chi connectivity index (χ0) is 18.0. The standard InChI is InChI=1S/C19H16O6/c1-22-13-5-7-15(23-2)12(8-13)10-17-18(20)14-9-11(19(21)24-3)4-6-16(14)25-17/h4-10H,1-3H3/b17-10-. The summed E-state index contributed by atoms with van der Waals surface area (Å²) in [6.45, 7) is 0. The van der Waals surface area contributed by atoms with E-state index in [1.54, 1.807) is 50.6 Å². The Morgan fingerprint density at radius 2 is 1.84 bits per heavy atom. The van der Waals surface area contributed by atoms with Crippen LogP contribution in [0.2, 0.25) is 0 Å². The van der Waals surface area contributed by atoms with Crippen LogP contribution in [0.15, 0.2) is 42.2 Å². The second kappa shape index (κ2) is 6.68. The largest absolute Gasteiger partial charge is 0.497 e. The molecule has 1 aliphatic heterocycles. The molecule has 0 spiro atoms. The van der Waals surface area contributed by atoms with Gasteiger partial charge in [0, 0.05) is 5.56 Å². The van der Waals surface area contributed by atoms with E-state index in [4.69, 9.17) is 14.2 Å². The number of carbonyl (C=O) groups is 2. The number of hydrogen-bond donors (Lipinski definition) is 0. The molecule has 0 saturated heterocycles. The highest BCUT2D eigenvalue weighted by Gasteiger charge is 2.28. The highest BCUT2D eigenvalue weighted by atomic mass is 16.5. The van der Waals surface area contributed by atoms with E-state index in [1.165, 1.54) is 13.2 Å². The number of methoxy groups -OCH3 is 3. The van der Waals surface area contributed by atoms with Crippen molar-refractivity contribution in [1.82, 2.24) is 0 Å².